The van der Waals surface area contributed by atoms with Crippen LogP contribution in [0.2, 0.25) is 0 Å². The molecule has 0 aromatic heterocycles. The number of aryl methyl sites for hydroxylation is 1. The van der Waals surface area contributed by atoms with E-state index >= 15 is 0 Å². The van der Waals surface area contributed by atoms with Crippen molar-refractivity contribution in [3.8, 4) is 5.75 Å². The molecule has 3 amide bonds. The van der Waals surface area contributed by atoms with Gasteiger partial charge in [0.25, 0.3) is 5.91 Å². The van der Waals surface area contributed by atoms with Crippen LogP contribution in [0.15, 0.2) is 24.3 Å². The van der Waals surface area contributed by atoms with Crippen molar-refractivity contribution in [1.82, 2.24) is 10.6 Å². The van der Waals surface area contributed by atoms with E-state index in [1.54, 1.807) is 19.1 Å². The van der Waals surface area contributed by atoms with E-state index in [0.717, 1.165) is 5.56 Å². The molecule has 22 heavy (non-hydrogen) atoms. The number of nitrogens with one attached hydrogen (secondary N) is 2. The lowest BCUT2D eigenvalue weighted by molar-refractivity contribution is -0.156. The second-order valence-electron chi connectivity index (χ2n) is 4.53. The summed E-state index contributed by atoms with van der Waals surface area (Å²) in [7, 11) is 0. The monoisotopic (exact) mass is 308 g/mol. The number of benzene rings is 1. The van der Waals surface area contributed by atoms with Gasteiger partial charge in [0.15, 0.2) is 12.7 Å². The Morgan fingerprint density at radius 1 is 1.23 bits per heavy atom. The minimum atomic E-state index is -1.09. The molecule has 1 rings (SSSR count). The number of hydrogen-bond acceptors (Lipinski definition) is 5. The smallest absolute Gasteiger partial charge is 0.344 e. The molecule has 0 aliphatic rings. The number of urea groups is 1. The Morgan fingerprint density at radius 2 is 1.91 bits per heavy atom. The molecule has 0 aliphatic heterocycles. The van der Waals surface area contributed by atoms with E-state index in [0.29, 0.717) is 12.3 Å². The largest absolute Gasteiger partial charge is 0.482 e. The first-order valence-electron chi connectivity index (χ1n) is 6.90. The highest BCUT2D eigenvalue weighted by Gasteiger charge is 2.20. The molecule has 0 saturated carbocycles. The van der Waals surface area contributed by atoms with Crippen LogP contribution in [0.4, 0.5) is 4.79 Å². The fourth-order valence-electron chi connectivity index (χ4n) is 1.56. The van der Waals surface area contributed by atoms with E-state index in [1.807, 2.05) is 19.1 Å². The molecule has 7 heteroatoms. The number of para-hydroxylation sites is 1. The van der Waals surface area contributed by atoms with Crippen LogP contribution in [0.3, 0.4) is 0 Å². The topological polar surface area (TPSA) is 93.7 Å². The third kappa shape index (κ3) is 5.82. The minimum Gasteiger partial charge on any atom is -0.482 e. The Kier molecular flexibility index (Phi) is 6.88. The van der Waals surface area contributed by atoms with Crippen LogP contribution in [0, 0.1) is 6.92 Å². The maximum atomic E-state index is 11.6. The fraction of sp³-hybridized carbons (Fsp3) is 0.400. The molecule has 0 aliphatic carbocycles. The molecule has 0 fully saturated rings. The fourth-order valence-corrected chi connectivity index (χ4v) is 1.56. The Balaban J connectivity index is 2.39. The number of carbonyl (C=O) groups is 3. The number of imide groups is 1. The summed E-state index contributed by atoms with van der Waals surface area (Å²) in [5.41, 5.74) is 0.886. The summed E-state index contributed by atoms with van der Waals surface area (Å²) in [4.78, 5) is 34.4. The van der Waals surface area contributed by atoms with E-state index in [4.69, 9.17) is 9.47 Å². The van der Waals surface area contributed by atoms with Gasteiger partial charge in [-0.15, -0.1) is 0 Å². The molecule has 120 valence electrons. The number of amides is 3. The van der Waals surface area contributed by atoms with Crippen LogP contribution < -0.4 is 15.4 Å². The average molecular weight is 308 g/mol. The lowest BCUT2D eigenvalue weighted by atomic mass is 10.2. The van der Waals surface area contributed by atoms with Crippen molar-refractivity contribution in [1.29, 1.82) is 0 Å². The summed E-state index contributed by atoms with van der Waals surface area (Å²) < 4.78 is 10.2. The van der Waals surface area contributed by atoms with Crippen LogP contribution in [0.5, 0.6) is 5.75 Å². The molecule has 0 spiro atoms. The van der Waals surface area contributed by atoms with Gasteiger partial charge >= 0.3 is 12.0 Å². The van der Waals surface area contributed by atoms with E-state index in [2.05, 4.69) is 10.6 Å². The van der Waals surface area contributed by atoms with Gasteiger partial charge in [0.2, 0.25) is 0 Å². The zero-order chi connectivity index (χ0) is 16.5. The van der Waals surface area contributed by atoms with Gasteiger partial charge in [-0.25, -0.2) is 9.59 Å². The lowest BCUT2D eigenvalue weighted by Crippen LogP contribution is -2.44. The molecule has 0 saturated heterocycles. The standard InChI is InChI=1S/C15H20N2O5/c1-4-16-15(20)17-14(19)11(3)22-13(18)9-21-12-8-6-5-7-10(12)2/h5-8,11H,4,9H2,1-3H3,(H2,16,17,19,20)/t11-/m1/s1. The summed E-state index contributed by atoms with van der Waals surface area (Å²) in [6.45, 7) is 5.01. The van der Waals surface area contributed by atoms with Gasteiger partial charge in [-0.2, -0.15) is 0 Å². The minimum absolute atomic E-state index is 0.316. The van der Waals surface area contributed by atoms with Crippen molar-refractivity contribution in [3.05, 3.63) is 29.8 Å². The first-order valence-corrected chi connectivity index (χ1v) is 6.90. The number of hydrogen-bond donors (Lipinski definition) is 2. The SMILES string of the molecule is CCNC(=O)NC(=O)[C@@H](C)OC(=O)COc1ccccc1C. The maximum absolute atomic E-state index is 11.6. The van der Waals surface area contributed by atoms with E-state index in [1.165, 1.54) is 6.92 Å². The lowest BCUT2D eigenvalue weighted by Gasteiger charge is -2.14. The van der Waals surface area contributed by atoms with Crippen LogP contribution in [0.1, 0.15) is 19.4 Å². The highest BCUT2D eigenvalue weighted by atomic mass is 16.6. The van der Waals surface area contributed by atoms with Crippen LogP contribution in [-0.2, 0) is 14.3 Å². The van der Waals surface area contributed by atoms with Gasteiger partial charge in [0.05, 0.1) is 0 Å². The molecule has 0 unspecified atom stereocenters. The molecule has 1 atom stereocenters. The highest BCUT2D eigenvalue weighted by Crippen LogP contribution is 2.15. The molecule has 2 N–H and O–H groups in total. The Bertz CT molecular complexity index is 544. The van der Waals surface area contributed by atoms with E-state index in [-0.39, 0.29) is 6.61 Å². The highest BCUT2D eigenvalue weighted by molar-refractivity contribution is 5.97. The number of esters is 1. The van der Waals surface area contributed by atoms with Crippen LogP contribution >= 0.6 is 0 Å². The van der Waals surface area contributed by atoms with Gasteiger partial charge in [0, 0.05) is 6.54 Å². The molecular weight excluding hydrogens is 288 g/mol. The quantitative estimate of drug-likeness (QED) is 0.769. The van der Waals surface area contributed by atoms with Crippen molar-refractivity contribution in [3.63, 3.8) is 0 Å². The molecule has 1 aromatic carbocycles. The first kappa shape index (κ1) is 17.5. The molecule has 0 heterocycles. The van der Waals surface area contributed by atoms with Crippen LogP contribution in [-0.4, -0.2) is 37.2 Å². The molecule has 0 bridgehead atoms. The van der Waals surface area contributed by atoms with E-state index < -0.39 is 24.0 Å². The zero-order valence-corrected chi connectivity index (χ0v) is 12.8. The van der Waals surface area contributed by atoms with Crippen molar-refractivity contribution in [2.75, 3.05) is 13.2 Å². The number of rotatable bonds is 6. The zero-order valence-electron chi connectivity index (χ0n) is 12.8. The van der Waals surface area contributed by atoms with Gasteiger partial charge in [-0.05, 0) is 32.4 Å². The molecule has 7 nitrogen and oxygen atoms in total. The molecule has 1 aromatic rings. The Labute approximate surface area is 129 Å². The third-order valence-electron chi connectivity index (χ3n) is 2.69. The summed E-state index contributed by atoms with van der Waals surface area (Å²) in [6.07, 6.45) is -1.09. The maximum Gasteiger partial charge on any atom is 0.344 e. The molecule has 0 radical (unpaired) electrons. The van der Waals surface area contributed by atoms with Crippen molar-refractivity contribution < 1.29 is 23.9 Å². The van der Waals surface area contributed by atoms with Crippen molar-refractivity contribution >= 4 is 17.9 Å². The number of ether oxygens (including phenoxy) is 2. The summed E-state index contributed by atoms with van der Waals surface area (Å²) in [5, 5.41) is 4.46. The van der Waals surface area contributed by atoms with E-state index in [9.17, 15) is 14.4 Å². The predicted molar refractivity (Wildman–Crippen MR) is 79.4 cm³/mol. The second kappa shape index (κ2) is 8.66. The Morgan fingerprint density at radius 3 is 2.55 bits per heavy atom. The summed E-state index contributed by atoms with van der Waals surface area (Å²) >= 11 is 0. The van der Waals surface area contributed by atoms with Gasteiger partial charge in [-0.3, -0.25) is 10.1 Å². The second-order valence-corrected chi connectivity index (χ2v) is 4.53. The summed E-state index contributed by atoms with van der Waals surface area (Å²) in [6, 6.07) is 6.59. The first-order chi connectivity index (χ1) is 10.4. The molecular formula is C15H20N2O5. The van der Waals surface area contributed by atoms with Gasteiger partial charge in [0.1, 0.15) is 5.75 Å². The Hall–Kier alpha value is -2.57. The van der Waals surface area contributed by atoms with Crippen molar-refractivity contribution in [2.24, 2.45) is 0 Å². The number of carbonyl (C=O) groups excluding carboxylic acids is 3. The van der Waals surface area contributed by atoms with Gasteiger partial charge in [-0.1, -0.05) is 18.2 Å². The third-order valence-corrected chi connectivity index (χ3v) is 2.69. The summed E-state index contributed by atoms with van der Waals surface area (Å²) in [5.74, 6) is -0.823. The van der Waals surface area contributed by atoms with Crippen molar-refractivity contribution in [2.45, 2.75) is 26.9 Å². The van der Waals surface area contributed by atoms with Gasteiger partial charge < -0.3 is 14.8 Å². The normalized spacial score (nSPS) is 11.2. The average Bonchev–Trinajstić information content (AvgIpc) is 2.46. The predicted octanol–water partition coefficient (Wildman–Crippen LogP) is 1.15. The van der Waals surface area contributed by atoms with Crippen LogP contribution in [0.25, 0.3) is 0 Å².